The van der Waals surface area contributed by atoms with Crippen molar-refractivity contribution < 1.29 is 9.53 Å². The van der Waals surface area contributed by atoms with E-state index in [-0.39, 0.29) is 18.0 Å². The minimum absolute atomic E-state index is 0.214. The zero-order valence-electron chi connectivity index (χ0n) is 12.4. The number of nitrogens with zero attached hydrogens (tertiary/aromatic N) is 1. The molecular weight excluding hydrogens is 250 g/mol. The van der Waals surface area contributed by atoms with Gasteiger partial charge in [0.25, 0.3) is 0 Å². The van der Waals surface area contributed by atoms with Crippen LogP contribution in [0.4, 0.5) is 0 Å². The van der Waals surface area contributed by atoms with E-state index in [4.69, 9.17) is 4.74 Å². The summed E-state index contributed by atoms with van der Waals surface area (Å²) in [5.41, 5.74) is 3.67. The van der Waals surface area contributed by atoms with Crippen LogP contribution in [0.2, 0.25) is 0 Å². The summed E-state index contributed by atoms with van der Waals surface area (Å²) in [4.78, 5) is 14.7. The lowest BCUT2D eigenvalue weighted by atomic mass is 10.0. The third-order valence-corrected chi connectivity index (χ3v) is 4.28. The maximum Gasteiger partial charge on any atom is 0.176 e. The number of ether oxygens (including phenoxy) is 1. The fraction of sp³-hybridized carbons (Fsp3) is 0.588. The number of morpholine rings is 1. The molecule has 0 bridgehead atoms. The Balaban J connectivity index is 1.67. The van der Waals surface area contributed by atoms with Gasteiger partial charge in [-0.15, -0.1) is 0 Å². The van der Waals surface area contributed by atoms with Gasteiger partial charge in [0.05, 0.1) is 18.8 Å². The number of rotatable bonds is 3. The predicted octanol–water partition coefficient (Wildman–Crippen LogP) is 2.47. The lowest BCUT2D eigenvalue weighted by molar-refractivity contribution is -0.0652. The van der Waals surface area contributed by atoms with Gasteiger partial charge in [0, 0.05) is 18.7 Å². The van der Waals surface area contributed by atoms with Crippen LogP contribution in [0, 0.1) is 0 Å². The van der Waals surface area contributed by atoms with Crippen molar-refractivity contribution in [2.24, 2.45) is 0 Å². The summed E-state index contributed by atoms with van der Waals surface area (Å²) < 4.78 is 5.71. The molecule has 0 unspecified atom stereocenters. The summed E-state index contributed by atoms with van der Waals surface area (Å²) in [7, 11) is 0. The maximum absolute atomic E-state index is 12.4. The lowest BCUT2D eigenvalue weighted by Gasteiger charge is -2.34. The molecule has 0 spiro atoms. The van der Waals surface area contributed by atoms with Crippen molar-refractivity contribution in [2.75, 3.05) is 19.6 Å². The summed E-state index contributed by atoms with van der Waals surface area (Å²) in [6.45, 7) is 6.35. The van der Waals surface area contributed by atoms with Crippen molar-refractivity contribution in [3.63, 3.8) is 0 Å². The Labute approximate surface area is 120 Å². The van der Waals surface area contributed by atoms with E-state index < -0.39 is 0 Å². The van der Waals surface area contributed by atoms with Crippen LogP contribution in [0.5, 0.6) is 0 Å². The molecule has 20 heavy (non-hydrogen) atoms. The summed E-state index contributed by atoms with van der Waals surface area (Å²) in [5, 5.41) is 0. The number of Topliss-reactive ketones (excluding diaryl/α,β-unsaturated/α-hetero) is 1. The molecule has 1 heterocycles. The second-order valence-corrected chi connectivity index (χ2v) is 6.21. The number of carbonyl (C=O) groups excluding carboxylic acids is 1. The monoisotopic (exact) mass is 273 g/mol. The van der Waals surface area contributed by atoms with Gasteiger partial charge >= 0.3 is 0 Å². The number of hydrogen-bond donors (Lipinski definition) is 0. The van der Waals surface area contributed by atoms with Crippen molar-refractivity contribution >= 4 is 5.78 Å². The first-order valence-electron chi connectivity index (χ1n) is 7.64. The molecule has 1 aromatic carbocycles. The number of ketones is 1. The van der Waals surface area contributed by atoms with Crippen molar-refractivity contribution in [1.82, 2.24) is 4.90 Å². The zero-order chi connectivity index (χ0) is 14.1. The Bertz CT molecular complexity index is 502. The first kappa shape index (κ1) is 13.8. The molecule has 1 aromatic rings. The highest BCUT2D eigenvalue weighted by molar-refractivity contribution is 5.97. The fourth-order valence-electron chi connectivity index (χ4n) is 3.45. The van der Waals surface area contributed by atoms with E-state index in [0.717, 1.165) is 25.1 Å². The minimum atomic E-state index is 0.214. The molecule has 0 amide bonds. The second kappa shape index (κ2) is 5.66. The molecule has 0 aromatic heterocycles. The standard InChI is InChI=1S/C17H23NO2/c1-12-9-18(10-13(2)20-12)11-17(19)16-7-6-14-4-3-5-15(14)8-16/h6-8,12-13H,3-5,9-11H2,1-2H3/t12-,13+. The lowest BCUT2D eigenvalue weighted by Crippen LogP contribution is -2.47. The first-order valence-corrected chi connectivity index (χ1v) is 7.64. The molecule has 1 fully saturated rings. The number of carbonyl (C=O) groups is 1. The van der Waals surface area contributed by atoms with E-state index in [0.29, 0.717) is 6.54 Å². The average Bonchev–Trinajstić information content (AvgIpc) is 2.84. The molecule has 3 rings (SSSR count). The molecular formula is C17H23NO2. The van der Waals surface area contributed by atoms with Gasteiger partial charge in [-0.05, 0) is 50.3 Å². The van der Waals surface area contributed by atoms with Crippen molar-refractivity contribution in [3.8, 4) is 0 Å². The Morgan fingerprint density at radius 1 is 1.20 bits per heavy atom. The Morgan fingerprint density at radius 3 is 2.65 bits per heavy atom. The SMILES string of the molecule is C[C@@H]1CN(CC(=O)c2ccc3c(c2)CCC3)C[C@H](C)O1. The largest absolute Gasteiger partial charge is 0.373 e. The van der Waals surface area contributed by atoms with Crippen LogP contribution in [0.3, 0.4) is 0 Å². The topological polar surface area (TPSA) is 29.5 Å². The normalized spacial score (nSPS) is 26.5. The minimum Gasteiger partial charge on any atom is -0.373 e. The van der Waals surface area contributed by atoms with Crippen molar-refractivity contribution in [2.45, 2.75) is 45.3 Å². The van der Waals surface area contributed by atoms with E-state index in [1.54, 1.807) is 0 Å². The van der Waals surface area contributed by atoms with Crippen LogP contribution in [0.1, 0.15) is 41.8 Å². The number of benzene rings is 1. The van der Waals surface area contributed by atoms with Gasteiger partial charge in [0.15, 0.2) is 5.78 Å². The van der Waals surface area contributed by atoms with E-state index in [9.17, 15) is 4.79 Å². The summed E-state index contributed by atoms with van der Waals surface area (Å²) in [6, 6.07) is 6.25. The van der Waals surface area contributed by atoms with Gasteiger partial charge in [-0.25, -0.2) is 0 Å². The molecule has 2 atom stereocenters. The van der Waals surface area contributed by atoms with Gasteiger partial charge in [-0.2, -0.15) is 0 Å². The smallest absolute Gasteiger partial charge is 0.176 e. The quantitative estimate of drug-likeness (QED) is 0.792. The van der Waals surface area contributed by atoms with Crippen LogP contribution in [0.15, 0.2) is 18.2 Å². The van der Waals surface area contributed by atoms with Gasteiger partial charge in [0.1, 0.15) is 0 Å². The number of aryl methyl sites for hydroxylation is 2. The summed E-state index contributed by atoms with van der Waals surface area (Å²) in [5.74, 6) is 0.237. The number of fused-ring (bicyclic) bond motifs is 1. The predicted molar refractivity (Wildman–Crippen MR) is 79.2 cm³/mol. The van der Waals surface area contributed by atoms with E-state index >= 15 is 0 Å². The third-order valence-electron chi connectivity index (χ3n) is 4.28. The highest BCUT2D eigenvalue weighted by Gasteiger charge is 2.24. The van der Waals surface area contributed by atoms with E-state index in [2.05, 4.69) is 30.9 Å². The molecule has 1 aliphatic carbocycles. The Kier molecular flexibility index (Phi) is 3.90. The molecule has 1 aliphatic heterocycles. The molecule has 3 nitrogen and oxygen atoms in total. The van der Waals surface area contributed by atoms with Gasteiger partial charge < -0.3 is 4.74 Å². The number of hydrogen-bond acceptors (Lipinski definition) is 3. The molecule has 0 saturated carbocycles. The highest BCUT2D eigenvalue weighted by Crippen LogP contribution is 2.23. The van der Waals surface area contributed by atoms with Gasteiger partial charge in [-0.1, -0.05) is 12.1 Å². The zero-order valence-corrected chi connectivity index (χ0v) is 12.4. The molecule has 3 heteroatoms. The molecule has 0 radical (unpaired) electrons. The van der Waals surface area contributed by atoms with Crippen molar-refractivity contribution in [3.05, 3.63) is 34.9 Å². The molecule has 108 valence electrons. The first-order chi connectivity index (χ1) is 9.61. The van der Waals surface area contributed by atoms with Crippen LogP contribution in [-0.4, -0.2) is 42.5 Å². The molecule has 0 N–H and O–H groups in total. The Hall–Kier alpha value is -1.19. The molecule has 2 aliphatic rings. The average molecular weight is 273 g/mol. The molecule has 1 saturated heterocycles. The maximum atomic E-state index is 12.4. The summed E-state index contributed by atoms with van der Waals surface area (Å²) >= 11 is 0. The Morgan fingerprint density at radius 2 is 1.90 bits per heavy atom. The van der Waals surface area contributed by atoms with Gasteiger partial charge in [0.2, 0.25) is 0 Å². The highest BCUT2D eigenvalue weighted by atomic mass is 16.5. The van der Waals surface area contributed by atoms with E-state index in [1.807, 2.05) is 6.07 Å². The van der Waals surface area contributed by atoms with Crippen LogP contribution < -0.4 is 0 Å². The summed E-state index contributed by atoms with van der Waals surface area (Å²) in [6.07, 6.45) is 3.95. The van der Waals surface area contributed by atoms with Crippen LogP contribution in [-0.2, 0) is 17.6 Å². The van der Waals surface area contributed by atoms with Crippen LogP contribution in [0.25, 0.3) is 0 Å². The fourth-order valence-corrected chi connectivity index (χ4v) is 3.45. The van der Waals surface area contributed by atoms with E-state index in [1.165, 1.54) is 24.0 Å². The third kappa shape index (κ3) is 2.94. The van der Waals surface area contributed by atoms with Gasteiger partial charge in [-0.3, -0.25) is 9.69 Å². The van der Waals surface area contributed by atoms with Crippen LogP contribution >= 0.6 is 0 Å². The second-order valence-electron chi connectivity index (χ2n) is 6.21. The van der Waals surface area contributed by atoms with Crippen molar-refractivity contribution in [1.29, 1.82) is 0 Å².